The number of morpholine rings is 1. The topological polar surface area (TPSA) is 58.7 Å². The fourth-order valence-electron chi connectivity index (χ4n) is 2.70. The summed E-state index contributed by atoms with van der Waals surface area (Å²) in [5.74, 6) is 0.613. The van der Waals surface area contributed by atoms with Crippen LogP contribution in [-0.2, 0) is 11.3 Å². The van der Waals surface area contributed by atoms with Gasteiger partial charge in [0.1, 0.15) is 11.9 Å². The largest absolute Gasteiger partial charge is 0.467 e. The summed E-state index contributed by atoms with van der Waals surface area (Å²) in [4.78, 5) is 6.49. The van der Waals surface area contributed by atoms with Gasteiger partial charge in [0.25, 0.3) is 0 Å². The van der Waals surface area contributed by atoms with E-state index in [1.54, 1.807) is 24.6 Å². The quantitative estimate of drug-likeness (QED) is 0.912. The Morgan fingerprint density at radius 2 is 2.33 bits per heavy atom. The van der Waals surface area contributed by atoms with Gasteiger partial charge in [-0.05, 0) is 30.2 Å². The summed E-state index contributed by atoms with van der Waals surface area (Å²) in [6, 6.07) is 7.80. The minimum atomic E-state index is -0.594. The fraction of sp³-hybridized carbons (Fsp3) is 0.438. The van der Waals surface area contributed by atoms with Gasteiger partial charge in [-0.15, -0.1) is 0 Å². The number of hydrogen-bond acceptors (Lipinski definition) is 5. The standard InChI is InChI=1S/C16H20N2O3/c19-15(16-4-2-7-21-16)9-14-12-20-8-6-18(14)11-13-3-1-5-17-10-13/h1-5,7,10,14-15,19H,6,8-9,11-12H2. The molecule has 112 valence electrons. The van der Waals surface area contributed by atoms with Crippen LogP contribution in [0.3, 0.4) is 0 Å². The van der Waals surface area contributed by atoms with Crippen molar-refractivity contribution in [2.24, 2.45) is 0 Å². The van der Waals surface area contributed by atoms with Crippen LogP contribution in [0.25, 0.3) is 0 Å². The SMILES string of the molecule is OC(CC1COCCN1Cc1cccnc1)c1ccco1. The van der Waals surface area contributed by atoms with Crippen molar-refractivity contribution in [3.63, 3.8) is 0 Å². The molecule has 1 aliphatic heterocycles. The average molecular weight is 288 g/mol. The minimum Gasteiger partial charge on any atom is -0.467 e. The van der Waals surface area contributed by atoms with E-state index in [0.29, 0.717) is 18.8 Å². The molecule has 1 aliphatic rings. The summed E-state index contributed by atoms with van der Waals surface area (Å²) in [5.41, 5.74) is 1.18. The van der Waals surface area contributed by atoms with E-state index in [1.807, 2.05) is 12.3 Å². The first-order valence-electron chi connectivity index (χ1n) is 7.25. The molecule has 0 aromatic carbocycles. The van der Waals surface area contributed by atoms with Crippen LogP contribution >= 0.6 is 0 Å². The average Bonchev–Trinajstić information content (AvgIpc) is 3.05. The van der Waals surface area contributed by atoms with Crippen LogP contribution in [0.1, 0.15) is 23.8 Å². The highest BCUT2D eigenvalue weighted by molar-refractivity contribution is 5.09. The summed E-state index contributed by atoms with van der Waals surface area (Å²) in [6.07, 6.45) is 5.26. The highest BCUT2D eigenvalue weighted by Gasteiger charge is 2.26. The predicted molar refractivity (Wildman–Crippen MR) is 77.5 cm³/mol. The van der Waals surface area contributed by atoms with Gasteiger partial charge in [0.05, 0.1) is 19.5 Å². The lowest BCUT2D eigenvalue weighted by molar-refractivity contribution is -0.0323. The minimum absolute atomic E-state index is 0.180. The third-order valence-corrected chi connectivity index (χ3v) is 3.82. The highest BCUT2D eigenvalue weighted by Crippen LogP contribution is 2.23. The van der Waals surface area contributed by atoms with Gasteiger partial charge in [-0.25, -0.2) is 0 Å². The lowest BCUT2D eigenvalue weighted by atomic mass is 10.0. The Morgan fingerprint density at radius 3 is 3.10 bits per heavy atom. The number of aliphatic hydroxyl groups is 1. The Kier molecular flexibility index (Phi) is 4.65. The Bertz CT molecular complexity index is 530. The molecule has 5 nitrogen and oxygen atoms in total. The Balaban J connectivity index is 1.64. The van der Waals surface area contributed by atoms with Crippen molar-refractivity contribution >= 4 is 0 Å². The molecular formula is C16H20N2O3. The first-order chi connectivity index (χ1) is 10.3. The van der Waals surface area contributed by atoms with Crippen LogP contribution in [0.15, 0.2) is 47.3 Å². The molecule has 0 saturated carbocycles. The zero-order chi connectivity index (χ0) is 14.5. The third kappa shape index (κ3) is 3.69. The van der Waals surface area contributed by atoms with Gasteiger partial charge in [-0.3, -0.25) is 9.88 Å². The van der Waals surface area contributed by atoms with Gasteiger partial charge in [-0.1, -0.05) is 6.07 Å². The molecule has 1 N–H and O–H groups in total. The second-order valence-electron chi connectivity index (χ2n) is 5.33. The molecule has 2 atom stereocenters. The lowest BCUT2D eigenvalue weighted by Crippen LogP contribution is -2.45. The number of aliphatic hydroxyl groups excluding tert-OH is 1. The van der Waals surface area contributed by atoms with E-state index in [-0.39, 0.29) is 6.04 Å². The molecule has 0 amide bonds. The van der Waals surface area contributed by atoms with Crippen molar-refractivity contribution in [2.45, 2.75) is 25.1 Å². The number of hydrogen-bond donors (Lipinski definition) is 1. The number of nitrogens with zero attached hydrogens (tertiary/aromatic N) is 2. The number of pyridine rings is 1. The van der Waals surface area contributed by atoms with Crippen LogP contribution < -0.4 is 0 Å². The fourth-order valence-corrected chi connectivity index (χ4v) is 2.70. The van der Waals surface area contributed by atoms with Gasteiger partial charge in [0.2, 0.25) is 0 Å². The first kappa shape index (κ1) is 14.3. The van der Waals surface area contributed by atoms with E-state index in [0.717, 1.165) is 19.7 Å². The second kappa shape index (κ2) is 6.85. The third-order valence-electron chi connectivity index (χ3n) is 3.82. The maximum Gasteiger partial charge on any atom is 0.132 e. The highest BCUT2D eigenvalue weighted by atomic mass is 16.5. The van der Waals surface area contributed by atoms with Gasteiger partial charge in [0, 0.05) is 31.5 Å². The number of ether oxygens (including phenoxy) is 1. The van der Waals surface area contributed by atoms with E-state index in [9.17, 15) is 5.11 Å². The number of rotatable bonds is 5. The van der Waals surface area contributed by atoms with Crippen molar-refractivity contribution in [1.29, 1.82) is 0 Å². The van der Waals surface area contributed by atoms with Gasteiger partial charge >= 0.3 is 0 Å². The van der Waals surface area contributed by atoms with Gasteiger partial charge in [-0.2, -0.15) is 0 Å². The summed E-state index contributed by atoms with van der Waals surface area (Å²) in [6.45, 7) is 3.06. The molecule has 5 heteroatoms. The summed E-state index contributed by atoms with van der Waals surface area (Å²) in [5, 5.41) is 10.3. The number of furan rings is 1. The molecule has 2 aromatic rings. The van der Waals surface area contributed by atoms with E-state index in [1.165, 1.54) is 5.56 Å². The van der Waals surface area contributed by atoms with Crippen LogP contribution in [0.4, 0.5) is 0 Å². The molecular weight excluding hydrogens is 268 g/mol. The van der Waals surface area contributed by atoms with E-state index >= 15 is 0 Å². The predicted octanol–water partition coefficient (Wildman–Crippen LogP) is 2.00. The zero-order valence-corrected chi connectivity index (χ0v) is 11.9. The Hall–Kier alpha value is -1.69. The first-order valence-corrected chi connectivity index (χ1v) is 7.25. The van der Waals surface area contributed by atoms with Crippen LogP contribution in [0.5, 0.6) is 0 Å². The maximum atomic E-state index is 10.3. The molecule has 3 rings (SSSR count). The molecule has 3 heterocycles. The summed E-state index contributed by atoms with van der Waals surface area (Å²) >= 11 is 0. The normalized spacial score (nSPS) is 21.3. The monoisotopic (exact) mass is 288 g/mol. The van der Waals surface area contributed by atoms with Crippen molar-refractivity contribution in [1.82, 2.24) is 9.88 Å². The number of aromatic nitrogens is 1. The van der Waals surface area contributed by atoms with Crippen molar-refractivity contribution in [2.75, 3.05) is 19.8 Å². The molecule has 1 fully saturated rings. The molecule has 21 heavy (non-hydrogen) atoms. The zero-order valence-electron chi connectivity index (χ0n) is 11.9. The lowest BCUT2D eigenvalue weighted by Gasteiger charge is -2.36. The van der Waals surface area contributed by atoms with E-state index in [2.05, 4.69) is 16.0 Å². The molecule has 0 radical (unpaired) electrons. The molecule has 2 aromatic heterocycles. The smallest absolute Gasteiger partial charge is 0.132 e. The Morgan fingerprint density at radius 1 is 1.38 bits per heavy atom. The van der Waals surface area contributed by atoms with Crippen molar-refractivity contribution in [3.05, 3.63) is 54.2 Å². The summed E-state index contributed by atoms with van der Waals surface area (Å²) in [7, 11) is 0. The second-order valence-corrected chi connectivity index (χ2v) is 5.33. The summed E-state index contributed by atoms with van der Waals surface area (Å²) < 4.78 is 10.8. The van der Waals surface area contributed by atoms with E-state index in [4.69, 9.17) is 9.15 Å². The molecule has 0 aliphatic carbocycles. The van der Waals surface area contributed by atoms with Gasteiger partial charge < -0.3 is 14.3 Å². The molecule has 2 unspecified atom stereocenters. The van der Waals surface area contributed by atoms with Crippen molar-refractivity contribution < 1.29 is 14.3 Å². The van der Waals surface area contributed by atoms with E-state index < -0.39 is 6.10 Å². The molecule has 0 bridgehead atoms. The molecule has 1 saturated heterocycles. The van der Waals surface area contributed by atoms with Crippen LogP contribution in [-0.4, -0.2) is 40.8 Å². The van der Waals surface area contributed by atoms with Crippen LogP contribution in [0, 0.1) is 0 Å². The van der Waals surface area contributed by atoms with Crippen LogP contribution in [0.2, 0.25) is 0 Å². The van der Waals surface area contributed by atoms with Crippen molar-refractivity contribution in [3.8, 4) is 0 Å². The Labute approximate surface area is 124 Å². The van der Waals surface area contributed by atoms with Gasteiger partial charge in [0.15, 0.2) is 0 Å². The maximum absolute atomic E-state index is 10.3. The molecule has 0 spiro atoms.